The molecule has 6 N–H and O–H groups in total. The average molecular weight is 660 g/mol. The number of fused-ring (bicyclic) bond motifs is 3. The van der Waals surface area contributed by atoms with Crippen molar-refractivity contribution in [2.24, 2.45) is 56.7 Å². The van der Waals surface area contributed by atoms with Crippen LogP contribution in [0.2, 0.25) is 0 Å². The SMILES string of the molecule is CC(C)[C@@H](C)[C@@]1(C)CC[C@]2(C)[C@H]3CC[C@@H]4C5(COC[C@]4(C)[C@@H](OCC(O)(CO)CO)[C@H](n4nnc(N)n4)C5)C3=CC[C@@]2(C)[C@@H]1C(=O)O. The maximum absolute atomic E-state index is 13.4. The van der Waals surface area contributed by atoms with Crippen LogP contribution in [0.4, 0.5) is 5.95 Å². The summed E-state index contributed by atoms with van der Waals surface area (Å²) in [6.07, 6.45) is 6.89. The second-order valence-electron chi connectivity index (χ2n) is 17.4. The third-order valence-electron chi connectivity index (χ3n) is 15.0. The number of carbonyl (C=O) groups is 1. The molecule has 2 heterocycles. The smallest absolute Gasteiger partial charge is 0.307 e. The predicted octanol–water partition coefficient (Wildman–Crippen LogP) is 3.49. The fourth-order valence-electron chi connectivity index (χ4n) is 11.9. The molecule has 12 heteroatoms. The summed E-state index contributed by atoms with van der Waals surface area (Å²) in [7, 11) is 0. The summed E-state index contributed by atoms with van der Waals surface area (Å²) in [4.78, 5) is 14.9. The van der Waals surface area contributed by atoms with Crippen LogP contribution in [0.25, 0.3) is 0 Å². The van der Waals surface area contributed by atoms with E-state index in [9.17, 15) is 25.2 Å². The van der Waals surface area contributed by atoms with Crippen molar-refractivity contribution in [3.63, 3.8) is 0 Å². The zero-order chi connectivity index (χ0) is 34.4. The lowest BCUT2D eigenvalue weighted by molar-refractivity contribution is -0.260. The molecule has 0 spiro atoms. The molecule has 47 heavy (non-hydrogen) atoms. The Morgan fingerprint density at radius 3 is 2.43 bits per heavy atom. The molecule has 264 valence electrons. The number of allylic oxidation sites excluding steroid dienone is 1. The van der Waals surface area contributed by atoms with E-state index in [0.29, 0.717) is 32.0 Å². The molecule has 12 nitrogen and oxygen atoms in total. The van der Waals surface area contributed by atoms with Crippen LogP contribution in [-0.4, -0.2) is 91.3 Å². The third-order valence-corrected chi connectivity index (χ3v) is 15.0. The molecule has 6 rings (SSSR count). The van der Waals surface area contributed by atoms with Gasteiger partial charge in [-0.3, -0.25) is 4.79 Å². The fraction of sp³-hybridized carbons (Fsp3) is 0.886. The number of rotatable bonds is 9. The molecule has 2 bridgehead atoms. The molecular formula is C35H57N5O7. The molecule has 1 aromatic rings. The first-order chi connectivity index (χ1) is 22.0. The standard InChI is InChI=1S/C35H57N5O7/c1-20(2)21(3)30(4)12-13-32(6)22-8-9-25-31(5)17-46-19-35(25,23(22)10-11-33(32,7)26(30)28(43)44)14-24(40-38-29(36)37-39-40)27(31)47-18-34(45,15-41)16-42/h10,20-22,24-27,41-42,45H,8-9,11-19H2,1-7H3,(H2,36,38)(H,43,44)/t21-,22+,24-,25+,26-,27+,30-,31+,32-,33+,35?/m1/s1. The van der Waals surface area contributed by atoms with Gasteiger partial charge >= 0.3 is 5.97 Å². The number of carboxylic acid groups (broad SMARTS) is 1. The minimum atomic E-state index is -1.80. The molecule has 5 aliphatic rings. The quantitative estimate of drug-likeness (QED) is 0.244. The summed E-state index contributed by atoms with van der Waals surface area (Å²) >= 11 is 0. The number of aliphatic carboxylic acids is 1. The van der Waals surface area contributed by atoms with Gasteiger partial charge in [0.1, 0.15) is 11.6 Å². The van der Waals surface area contributed by atoms with E-state index in [4.69, 9.17) is 15.2 Å². The molecule has 0 radical (unpaired) electrons. The van der Waals surface area contributed by atoms with Crippen molar-refractivity contribution in [3.05, 3.63) is 11.6 Å². The third kappa shape index (κ3) is 4.78. The first-order valence-corrected chi connectivity index (χ1v) is 17.6. The Kier molecular flexibility index (Phi) is 8.47. The van der Waals surface area contributed by atoms with Crippen molar-refractivity contribution in [1.82, 2.24) is 20.2 Å². The highest BCUT2D eigenvalue weighted by atomic mass is 16.5. The summed E-state index contributed by atoms with van der Waals surface area (Å²) in [6, 6.07) is -0.402. The summed E-state index contributed by atoms with van der Waals surface area (Å²) in [5.74, 6) is -0.0558. The van der Waals surface area contributed by atoms with Crippen LogP contribution in [-0.2, 0) is 14.3 Å². The lowest BCUT2D eigenvalue weighted by atomic mass is 9.34. The van der Waals surface area contributed by atoms with Gasteiger partial charge in [-0.2, -0.15) is 4.80 Å². The summed E-state index contributed by atoms with van der Waals surface area (Å²) in [5.41, 5.74) is 3.71. The van der Waals surface area contributed by atoms with Crippen LogP contribution in [0.15, 0.2) is 11.6 Å². The molecule has 1 aromatic heterocycles. The molecule has 0 amide bonds. The largest absolute Gasteiger partial charge is 0.481 e. The molecule has 1 aliphatic heterocycles. The Labute approximate surface area is 278 Å². The number of carboxylic acids is 1. The average Bonchev–Trinajstić information content (AvgIpc) is 3.45. The normalized spacial score (nSPS) is 43.8. The second-order valence-corrected chi connectivity index (χ2v) is 17.4. The number of hydrogen-bond acceptors (Lipinski definition) is 10. The van der Waals surface area contributed by atoms with Gasteiger partial charge in [-0.1, -0.05) is 65.2 Å². The number of nitrogens with two attached hydrogens (primary N) is 1. The maximum atomic E-state index is 13.4. The van der Waals surface area contributed by atoms with E-state index in [0.717, 1.165) is 25.7 Å². The van der Waals surface area contributed by atoms with Gasteiger partial charge in [0, 0.05) is 10.8 Å². The molecule has 3 saturated carbocycles. The van der Waals surface area contributed by atoms with E-state index in [-0.39, 0.29) is 46.6 Å². The van der Waals surface area contributed by atoms with E-state index < -0.39 is 53.7 Å². The lowest BCUT2D eigenvalue weighted by Gasteiger charge is -2.71. The Hall–Kier alpha value is -2.12. The number of aromatic nitrogens is 4. The van der Waals surface area contributed by atoms with Gasteiger partial charge in [-0.15, -0.1) is 5.10 Å². The number of hydrogen-bond donors (Lipinski definition) is 5. The van der Waals surface area contributed by atoms with Crippen LogP contribution in [0.3, 0.4) is 0 Å². The van der Waals surface area contributed by atoms with Gasteiger partial charge < -0.3 is 35.6 Å². The molecule has 4 aliphatic carbocycles. The van der Waals surface area contributed by atoms with Gasteiger partial charge in [0.15, 0.2) is 0 Å². The van der Waals surface area contributed by atoms with E-state index in [1.165, 1.54) is 10.4 Å². The molecule has 4 fully saturated rings. The zero-order valence-electron chi connectivity index (χ0n) is 29.3. The number of aliphatic hydroxyl groups is 3. The van der Waals surface area contributed by atoms with E-state index in [1.807, 2.05) is 0 Å². The number of ether oxygens (including phenoxy) is 2. The first kappa shape index (κ1) is 34.7. The number of nitrogen functional groups attached to an aromatic ring is 1. The minimum absolute atomic E-state index is 0.0550. The van der Waals surface area contributed by atoms with Crippen LogP contribution in [0.1, 0.15) is 93.0 Å². The highest BCUT2D eigenvalue weighted by molar-refractivity contribution is 5.73. The minimum Gasteiger partial charge on any atom is -0.481 e. The second kappa shape index (κ2) is 11.5. The topological polar surface area (TPSA) is 186 Å². The Morgan fingerprint density at radius 1 is 1.13 bits per heavy atom. The molecule has 11 atom stereocenters. The number of anilines is 1. The van der Waals surface area contributed by atoms with Gasteiger partial charge in [0.05, 0.1) is 45.1 Å². The van der Waals surface area contributed by atoms with E-state index >= 15 is 0 Å². The van der Waals surface area contributed by atoms with Crippen LogP contribution >= 0.6 is 0 Å². The zero-order valence-corrected chi connectivity index (χ0v) is 29.3. The summed E-state index contributed by atoms with van der Waals surface area (Å²) in [6.45, 7) is 15.1. The number of tetrazole rings is 1. The van der Waals surface area contributed by atoms with Crippen molar-refractivity contribution in [2.45, 2.75) is 105 Å². The monoisotopic (exact) mass is 659 g/mol. The van der Waals surface area contributed by atoms with Crippen molar-refractivity contribution >= 4 is 11.9 Å². The first-order valence-electron chi connectivity index (χ1n) is 17.6. The van der Waals surface area contributed by atoms with Gasteiger partial charge in [0.2, 0.25) is 0 Å². The maximum Gasteiger partial charge on any atom is 0.307 e. The van der Waals surface area contributed by atoms with Crippen molar-refractivity contribution in [1.29, 1.82) is 0 Å². The van der Waals surface area contributed by atoms with Crippen molar-refractivity contribution < 1.29 is 34.7 Å². The predicted molar refractivity (Wildman–Crippen MR) is 174 cm³/mol. The highest BCUT2D eigenvalue weighted by Crippen LogP contribution is 2.75. The van der Waals surface area contributed by atoms with Crippen LogP contribution in [0.5, 0.6) is 0 Å². The number of nitrogens with zero attached hydrogens (tertiary/aromatic N) is 4. The van der Waals surface area contributed by atoms with Gasteiger partial charge in [-0.25, -0.2) is 0 Å². The fourth-order valence-corrected chi connectivity index (χ4v) is 11.9. The van der Waals surface area contributed by atoms with Crippen molar-refractivity contribution in [3.8, 4) is 0 Å². The molecule has 1 unspecified atom stereocenters. The Balaban J connectivity index is 1.44. The molecular weight excluding hydrogens is 602 g/mol. The van der Waals surface area contributed by atoms with Crippen LogP contribution < -0.4 is 5.73 Å². The van der Waals surface area contributed by atoms with E-state index in [1.54, 1.807) is 0 Å². The number of aliphatic hydroxyl groups excluding tert-OH is 2. The Morgan fingerprint density at radius 2 is 1.83 bits per heavy atom. The van der Waals surface area contributed by atoms with E-state index in [2.05, 4.69) is 70.0 Å². The van der Waals surface area contributed by atoms with Crippen LogP contribution in [0, 0.1) is 56.7 Å². The lowest BCUT2D eigenvalue weighted by Crippen LogP contribution is -2.69. The molecule has 0 aromatic carbocycles. The molecule has 1 saturated heterocycles. The highest BCUT2D eigenvalue weighted by Gasteiger charge is 2.72. The van der Waals surface area contributed by atoms with Crippen molar-refractivity contribution in [2.75, 3.05) is 38.8 Å². The Bertz CT molecular complexity index is 1400. The summed E-state index contributed by atoms with van der Waals surface area (Å²) < 4.78 is 13.0. The summed E-state index contributed by atoms with van der Waals surface area (Å²) in [5, 5.41) is 54.1. The van der Waals surface area contributed by atoms with Gasteiger partial charge in [0.25, 0.3) is 5.95 Å². The van der Waals surface area contributed by atoms with Gasteiger partial charge in [-0.05, 0) is 83.7 Å².